The summed E-state index contributed by atoms with van der Waals surface area (Å²) in [5.41, 5.74) is 3.11. The van der Waals surface area contributed by atoms with E-state index in [1.807, 2.05) is 0 Å². The number of nitrogens with zero attached hydrogens (tertiary/aromatic N) is 1. The van der Waals surface area contributed by atoms with Gasteiger partial charge in [-0.2, -0.15) is 0 Å². The molecule has 4 atom stereocenters. The molecule has 118 valence electrons. The van der Waals surface area contributed by atoms with E-state index in [9.17, 15) is 0 Å². The van der Waals surface area contributed by atoms with Gasteiger partial charge in [0.1, 0.15) is 0 Å². The van der Waals surface area contributed by atoms with Crippen LogP contribution in [0.3, 0.4) is 0 Å². The van der Waals surface area contributed by atoms with Gasteiger partial charge >= 0.3 is 0 Å². The molecule has 0 aromatic carbocycles. The van der Waals surface area contributed by atoms with Crippen LogP contribution in [0.5, 0.6) is 0 Å². The van der Waals surface area contributed by atoms with E-state index in [2.05, 4.69) is 31.1 Å². The smallest absolute Gasteiger partial charge is 0.0871 e. The zero-order chi connectivity index (χ0) is 14.5. The SMILES string of the molecule is CCC1CCCCC1C(NN)C1CN(C(C)C)CCO1. The molecular weight excluding hydrogens is 250 g/mol. The second kappa shape index (κ2) is 7.74. The molecular formula is C16H33N3O. The molecule has 4 heteroatoms. The minimum atomic E-state index is 0.244. The molecule has 1 heterocycles. The van der Waals surface area contributed by atoms with Crippen molar-refractivity contribution in [3.05, 3.63) is 0 Å². The Morgan fingerprint density at radius 2 is 2.05 bits per heavy atom. The maximum Gasteiger partial charge on any atom is 0.0871 e. The van der Waals surface area contributed by atoms with Gasteiger partial charge in [-0.25, -0.2) is 0 Å². The summed E-state index contributed by atoms with van der Waals surface area (Å²) >= 11 is 0. The van der Waals surface area contributed by atoms with Crippen molar-refractivity contribution < 1.29 is 4.74 Å². The minimum Gasteiger partial charge on any atom is -0.374 e. The van der Waals surface area contributed by atoms with Crippen molar-refractivity contribution in [1.29, 1.82) is 0 Å². The van der Waals surface area contributed by atoms with Gasteiger partial charge in [0.15, 0.2) is 0 Å². The van der Waals surface area contributed by atoms with E-state index in [0.29, 0.717) is 18.0 Å². The number of nitrogens with two attached hydrogens (primary N) is 1. The van der Waals surface area contributed by atoms with E-state index in [0.717, 1.165) is 25.6 Å². The average molecular weight is 283 g/mol. The van der Waals surface area contributed by atoms with E-state index in [-0.39, 0.29) is 6.10 Å². The Labute approximate surface area is 124 Å². The molecule has 0 aromatic rings. The highest BCUT2D eigenvalue weighted by molar-refractivity contribution is 4.91. The molecule has 2 fully saturated rings. The normalized spacial score (nSPS) is 34.4. The lowest BCUT2D eigenvalue weighted by molar-refractivity contribution is -0.0728. The largest absolute Gasteiger partial charge is 0.374 e. The molecule has 1 aliphatic carbocycles. The number of nitrogens with one attached hydrogen (secondary N) is 1. The predicted molar refractivity (Wildman–Crippen MR) is 83.3 cm³/mol. The van der Waals surface area contributed by atoms with Crippen molar-refractivity contribution in [3.8, 4) is 0 Å². The first-order valence-corrected chi connectivity index (χ1v) is 8.49. The third-order valence-corrected chi connectivity index (χ3v) is 5.40. The molecule has 0 radical (unpaired) electrons. The van der Waals surface area contributed by atoms with Crippen molar-refractivity contribution >= 4 is 0 Å². The zero-order valence-corrected chi connectivity index (χ0v) is 13.5. The van der Waals surface area contributed by atoms with Crippen LogP contribution >= 0.6 is 0 Å². The molecule has 20 heavy (non-hydrogen) atoms. The summed E-state index contributed by atoms with van der Waals surface area (Å²) in [5, 5.41) is 0. The van der Waals surface area contributed by atoms with Gasteiger partial charge in [0.05, 0.1) is 18.8 Å². The molecule has 0 spiro atoms. The van der Waals surface area contributed by atoms with Crippen molar-refractivity contribution in [2.24, 2.45) is 17.7 Å². The Hall–Kier alpha value is -0.160. The second-order valence-corrected chi connectivity index (χ2v) is 6.81. The van der Waals surface area contributed by atoms with E-state index in [4.69, 9.17) is 10.6 Å². The van der Waals surface area contributed by atoms with Crippen LogP contribution in [0.25, 0.3) is 0 Å². The highest BCUT2D eigenvalue weighted by atomic mass is 16.5. The van der Waals surface area contributed by atoms with Crippen LogP contribution in [0.2, 0.25) is 0 Å². The second-order valence-electron chi connectivity index (χ2n) is 6.81. The van der Waals surface area contributed by atoms with Gasteiger partial charge in [0.25, 0.3) is 0 Å². The highest BCUT2D eigenvalue weighted by Gasteiger charge is 2.37. The monoisotopic (exact) mass is 283 g/mol. The number of hydrogen-bond donors (Lipinski definition) is 2. The first kappa shape index (κ1) is 16.2. The predicted octanol–water partition coefficient (Wildman–Crippen LogP) is 2.14. The molecule has 3 N–H and O–H groups in total. The van der Waals surface area contributed by atoms with Crippen molar-refractivity contribution in [3.63, 3.8) is 0 Å². The van der Waals surface area contributed by atoms with E-state index < -0.39 is 0 Å². The summed E-state index contributed by atoms with van der Waals surface area (Å²) in [6.45, 7) is 9.75. The van der Waals surface area contributed by atoms with Crippen LogP contribution in [0.4, 0.5) is 0 Å². The zero-order valence-electron chi connectivity index (χ0n) is 13.5. The summed E-state index contributed by atoms with van der Waals surface area (Å²) in [6, 6.07) is 0.898. The summed E-state index contributed by atoms with van der Waals surface area (Å²) in [6.07, 6.45) is 6.90. The van der Waals surface area contributed by atoms with Crippen molar-refractivity contribution in [1.82, 2.24) is 10.3 Å². The number of ether oxygens (including phenoxy) is 1. The van der Waals surface area contributed by atoms with E-state index in [1.165, 1.54) is 32.1 Å². The summed E-state index contributed by atoms with van der Waals surface area (Å²) in [7, 11) is 0. The van der Waals surface area contributed by atoms with Crippen molar-refractivity contribution in [2.75, 3.05) is 19.7 Å². The Morgan fingerprint density at radius 1 is 1.30 bits per heavy atom. The molecule has 1 saturated heterocycles. The molecule has 4 unspecified atom stereocenters. The third kappa shape index (κ3) is 3.73. The third-order valence-electron chi connectivity index (χ3n) is 5.40. The van der Waals surface area contributed by atoms with Crippen LogP contribution in [-0.4, -0.2) is 42.8 Å². The highest BCUT2D eigenvalue weighted by Crippen LogP contribution is 2.36. The van der Waals surface area contributed by atoms with Gasteiger partial charge in [-0.1, -0.05) is 32.6 Å². The summed E-state index contributed by atoms with van der Waals surface area (Å²) in [4.78, 5) is 2.52. The topological polar surface area (TPSA) is 50.5 Å². The Balaban J connectivity index is 2.02. The van der Waals surface area contributed by atoms with Crippen LogP contribution in [0.15, 0.2) is 0 Å². The van der Waals surface area contributed by atoms with Gasteiger partial charge in [0, 0.05) is 19.1 Å². The standard InChI is InChI=1S/C16H33N3O/c1-4-13-7-5-6-8-14(13)16(18-17)15-11-19(12(2)3)9-10-20-15/h12-16,18H,4-11,17H2,1-3H3. The summed E-state index contributed by atoms with van der Waals surface area (Å²) < 4.78 is 6.07. The molecule has 0 bridgehead atoms. The Kier molecular flexibility index (Phi) is 6.27. The molecule has 0 amide bonds. The van der Waals surface area contributed by atoms with Gasteiger partial charge in [-0.3, -0.25) is 16.2 Å². The van der Waals surface area contributed by atoms with Crippen LogP contribution in [0, 0.1) is 11.8 Å². The average Bonchev–Trinajstić information content (AvgIpc) is 2.49. The fourth-order valence-electron chi connectivity index (χ4n) is 4.11. The quantitative estimate of drug-likeness (QED) is 0.599. The number of morpholine rings is 1. The molecule has 0 aromatic heterocycles. The summed E-state index contributed by atoms with van der Waals surface area (Å²) in [5.74, 6) is 7.41. The fraction of sp³-hybridized carbons (Fsp3) is 1.00. The molecule has 2 rings (SSSR count). The molecule has 1 saturated carbocycles. The number of rotatable bonds is 5. The van der Waals surface area contributed by atoms with E-state index >= 15 is 0 Å². The fourth-order valence-corrected chi connectivity index (χ4v) is 4.11. The van der Waals surface area contributed by atoms with Crippen LogP contribution in [-0.2, 0) is 4.74 Å². The number of hydrazine groups is 1. The molecule has 1 aliphatic heterocycles. The maximum atomic E-state index is 6.07. The van der Waals surface area contributed by atoms with E-state index in [1.54, 1.807) is 0 Å². The Bertz CT molecular complexity index is 285. The minimum absolute atomic E-state index is 0.244. The van der Waals surface area contributed by atoms with Gasteiger partial charge in [0.2, 0.25) is 0 Å². The van der Waals surface area contributed by atoms with Gasteiger partial charge in [-0.05, 0) is 32.1 Å². The maximum absolute atomic E-state index is 6.07. The van der Waals surface area contributed by atoms with Crippen LogP contribution in [0.1, 0.15) is 52.9 Å². The lowest BCUT2D eigenvalue weighted by Gasteiger charge is -2.44. The van der Waals surface area contributed by atoms with Gasteiger partial charge in [-0.15, -0.1) is 0 Å². The first-order valence-electron chi connectivity index (χ1n) is 8.49. The molecule has 4 nitrogen and oxygen atoms in total. The van der Waals surface area contributed by atoms with Crippen molar-refractivity contribution in [2.45, 2.75) is 71.1 Å². The first-order chi connectivity index (χ1) is 9.67. The Morgan fingerprint density at radius 3 is 2.70 bits per heavy atom. The van der Waals surface area contributed by atoms with Crippen LogP contribution < -0.4 is 11.3 Å². The lowest BCUT2D eigenvalue weighted by Crippen LogP contribution is -2.59. The molecule has 2 aliphatic rings. The number of hydrogen-bond acceptors (Lipinski definition) is 4. The lowest BCUT2D eigenvalue weighted by atomic mass is 9.72. The van der Waals surface area contributed by atoms with Gasteiger partial charge < -0.3 is 4.74 Å².